The Balaban J connectivity index is 0.00000363. The molecule has 1 fully saturated rings. The molecule has 0 atom stereocenters. The van der Waals surface area contributed by atoms with E-state index in [4.69, 9.17) is 9.73 Å². The number of hydrogen-bond acceptors (Lipinski definition) is 4. The number of ether oxygens (including phenoxy) is 1. The van der Waals surface area contributed by atoms with Gasteiger partial charge in [0.2, 0.25) is 0 Å². The number of aromatic nitrogens is 2. The Hall–Kier alpha value is -2.30. The van der Waals surface area contributed by atoms with E-state index in [0.717, 1.165) is 31.3 Å². The molecule has 8 nitrogen and oxygen atoms in total. The molecular weight excluding hydrogens is 519 g/mol. The fraction of sp³-hybridized carbons (Fsp3) is 0.522. The third-order valence-electron chi connectivity index (χ3n) is 4.82. The number of rotatable bonds is 7. The van der Waals surface area contributed by atoms with E-state index < -0.39 is 5.60 Å². The first-order chi connectivity index (χ1) is 14.8. The summed E-state index contributed by atoms with van der Waals surface area (Å²) in [6.45, 7) is 11.1. The summed E-state index contributed by atoms with van der Waals surface area (Å²) < 4.78 is 7.57. The zero-order valence-electron chi connectivity index (χ0n) is 19.4. The molecule has 2 N–H and O–H groups in total. The summed E-state index contributed by atoms with van der Waals surface area (Å²) in [7, 11) is 0. The van der Waals surface area contributed by atoms with Gasteiger partial charge in [0.1, 0.15) is 11.4 Å². The number of likely N-dealkylation sites (tertiary alicyclic amines) is 1. The highest BCUT2D eigenvalue weighted by Gasteiger charge is 2.34. The van der Waals surface area contributed by atoms with Gasteiger partial charge in [-0.1, -0.05) is 30.3 Å². The Kier molecular flexibility index (Phi) is 9.80. The number of hydrogen-bond donors (Lipinski definition) is 2. The maximum absolute atomic E-state index is 12.1. The van der Waals surface area contributed by atoms with E-state index in [2.05, 4.69) is 44.5 Å². The van der Waals surface area contributed by atoms with E-state index in [1.54, 1.807) is 4.90 Å². The molecule has 1 amide bonds. The van der Waals surface area contributed by atoms with Crippen LogP contribution in [0.4, 0.5) is 4.79 Å². The van der Waals surface area contributed by atoms with Gasteiger partial charge in [0.05, 0.1) is 6.04 Å². The summed E-state index contributed by atoms with van der Waals surface area (Å²) in [5, 5.41) is 6.67. The second kappa shape index (κ2) is 12.1. The molecule has 0 unspecified atom stereocenters. The Morgan fingerprint density at radius 2 is 1.97 bits per heavy atom. The van der Waals surface area contributed by atoms with Crippen LogP contribution in [-0.4, -0.2) is 64.3 Å². The number of imidazole rings is 1. The van der Waals surface area contributed by atoms with Crippen molar-refractivity contribution in [3.05, 3.63) is 54.1 Å². The van der Waals surface area contributed by atoms with Crippen LogP contribution in [0.3, 0.4) is 0 Å². The number of carbonyl (C=O) groups is 1. The van der Waals surface area contributed by atoms with Crippen molar-refractivity contribution in [2.24, 2.45) is 4.99 Å². The van der Waals surface area contributed by atoms with Crippen LogP contribution >= 0.6 is 24.0 Å². The van der Waals surface area contributed by atoms with Crippen LogP contribution in [0.2, 0.25) is 0 Å². The standard InChI is InChI=1S/C23H34N6O2.HI/c1-5-24-21(27-19-16-29(17-19)22(30)31-23(2,3)4)26-12-11-20-25-13-14-28(20)15-18-9-7-6-8-10-18;/h6-10,13-14,19H,5,11-12,15-17H2,1-4H3,(H2,24,26,27);1H. The van der Waals surface area contributed by atoms with Crippen molar-refractivity contribution < 1.29 is 9.53 Å². The van der Waals surface area contributed by atoms with Gasteiger partial charge in [-0.25, -0.2) is 9.78 Å². The lowest BCUT2D eigenvalue weighted by molar-refractivity contribution is 0.00700. The Morgan fingerprint density at radius 1 is 1.25 bits per heavy atom. The third kappa shape index (κ3) is 7.99. The fourth-order valence-electron chi connectivity index (χ4n) is 3.32. The summed E-state index contributed by atoms with van der Waals surface area (Å²) in [6.07, 6.45) is 4.34. The molecule has 0 bridgehead atoms. The normalized spacial score (nSPS) is 14.4. The average molecular weight is 554 g/mol. The van der Waals surface area contributed by atoms with Crippen molar-refractivity contribution >= 4 is 36.0 Å². The molecule has 32 heavy (non-hydrogen) atoms. The monoisotopic (exact) mass is 554 g/mol. The van der Waals surface area contributed by atoms with Crippen molar-refractivity contribution in [2.75, 3.05) is 26.2 Å². The summed E-state index contributed by atoms with van der Waals surface area (Å²) in [5.74, 6) is 1.78. The molecule has 1 aromatic carbocycles. The zero-order valence-corrected chi connectivity index (χ0v) is 21.7. The highest BCUT2D eigenvalue weighted by Crippen LogP contribution is 2.15. The fourth-order valence-corrected chi connectivity index (χ4v) is 3.32. The van der Waals surface area contributed by atoms with Gasteiger partial charge in [0, 0.05) is 51.5 Å². The molecule has 0 saturated carbocycles. The molecule has 9 heteroatoms. The molecule has 3 rings (SSSR count). The van der Waals surface area contributed by atoms with Crippen LogP contribution in [0.5, 0.6) is 0 Å². The van der Waals surface area contributed by atoms with Crippen LogP contribution in [0, 0.1) is 0 Å². The summed E-state index contributed by atoms with van der Waals surface area (Å²) in [6, 6.07) is 10.5. The van der Waals surface area contributed by atoms with Gasteiger partial charge in [-0.3, -0.25) is 4.99 Å². The predicted octanol–water partition coefficient (Wildman–Crippen LogP) is 3.27. The van der Waals surface area contributed by atoms with E-state index >= 15 is 0 Å². The average Bonchev–Trinajstić information content (AvgIpc) is 3.10. The van der Waals surface area contributed by atoms with Crippen molar-refractivity contribution in [1.82, 2.24) is 25.1 Å². The number of guanidine groups is 1. The molecule has 0 aliphatic carbocycles. The first kappa shape index (κ1) is 26.0. The van der Waals surface area contributed by atoms with Gasteiger partial charge in [-0.05, 0) is 33.3 Å². The minimum absolute atomic E-state index is 0. The number of nitrogens with zero attached hydrogens (tertiary/aromatic N) is 4. The van der Waals surface area contributed by atoms with Crippen LogP contribution in [-0.2, 0) is 17.7 Å². The van der Waals surface area contributed by atoms with E-state index in [1.165, 1.54) is 5.56 Å². The zero-order chi connectivity index (χ0) is 22.3. The topological polar surface area (TPSA) is 83.8 Å². The van der Waals surface area contributed by atoms with Crippen molar-refractivity contribution in [3.8, 4) is 0 Å². The molecule has 0 spiro atoms. The highest BCUT2D eigenvalue weighted by atomic mass is 127. The number of nitrogens with one attached hydrogen (secondary N) is 2. The lowest BCUT2D eigenvalue weighted by atomic mass is 10.1. The second-order valence-corrected chi connectivity index (χ2v) is 8.69. The first-order valence-electron chi connectivity index (χ1n) is 10.9. The highest BCUT2D eigenvalue weighted by molar-refractivity contribution is 14.0. The quantitative estimate of drug-likeness (QED) is 0.312. The third-order valence-corrected chi connectivity index (χ3v) is 4.82. The lowest BCUT2D eigenvalue weighted by Gasteiger charge is -2.40. The van der Waals surface area contributed by atoms with Gasteiger partial charge in [-0.2, -0.15) is 0 Å². The Labute approximate surface area is 207 Å². The van der Waals surface area contributed by atoms with Crippen molar-refractivity contribution in [3.63, 3.8) is 0 Å². The number of benzene rings is 1. The number of amides is 1. The van der Waals surface area contributed by atoms with Crippen molar-refractivity contribution in [2.45, 2.75) is 52.3 Å². The number of carbonyl (C=O) groups excluding carboxylic acids is 1. The Bertz CT molecular complexity index is 872. The second-order valence-electron chi connectivity index (χ2n) is 8.69. The van der Waals surface area contributed by atoms with Gasteiger partial charge in [0.15, 0.2) is 5.96 Å². The summed E-state index contributed by atoms with van der Waals surface area (Å²) in [4.78, 5) is 23.0. The minimum atomic E-state index is -0.474. The molecule has 1 aliphatic heterocycles. The van der Waals surface area contributed by atoms with Crippen LogP contribution in [0.25, 0.3) is 0 Å². The Morgan fingerprint density at radius 3 is 2.62 bits per heavy atom. The van der Waals surface area contributed by atoms with Gasteiger partial charge < -0.3 is 24.8 Å². The molecule has 0 radical (unpaired) electrons. The molecule has 1 aromatic heterocycles. The van der Waals surface area contributed by atoms with Gasteiger partial charge in [0.25, 0.3) is 0 Å². The van der Waals surface area contributed by atoms with Crippen molar-refractivity contribution in [1.29, 1.82) is 0 Å². The minimum Gasteiger partial charge on any atom is -0.444 e. The predicted molar refractivity (Wildman–Crippen MR) is 138 cm³/mol. The maximum Gasteiger partial charge on any atom is 0.410 e. The summed E-state index contributed by atoms with van der Waals surface area (Å²) >= 11 is 0. The largest absolute Gasteiger partial charge is 0.444 e. The first-order valence-corrected chi connectivity index (χ1v) is 10.9. The van der Waals surface area contributed by atoms with Crippen LogP contribution in [0.1, 0.15) is 39.1 Å². The molecular formula is C23H35IN6O2. The number of aliphatic imine (C=N–C) groups is 1. The van der Waals surface area contributed by atoms with Crippen LogP contribution in [0.15, 0.2) is 47.7 Å². The molecule has 1 saturated heterocycles. The molecule has 1 aliphatic rings. The van der Waals surface area contributed by atoms with E-state index in [-0.39, 0.29) is 36.1 Å². The van der Waals surface area contributed by atoms with Crippen LogP contribution < -0.4 is 10.6 Å². The SMILES string of the molecule is CCNC(=NCCc1nccn1Cc1ccccc1)NC1CN(C(=O)OC(C)(C)C)C1.I. The van der Waals surface area contributed by atoms with Gasteiger partial charge in [-0.15, -0.1) is 24.0 Å². The molecule has 2 heterocycles. The van der Waals surface area contributed by atoms with E-state index in [0.29, 0.717) is 19.6 Å². The lowest BCUT2D eigenvalue weighted by Crippen LogP contribution is -2.63. The molecule has 176 valence electrons. The maximum atomic E-state index is 12.1. The molecule has 2 aromatic rings. The van der Waals surface area contributed by atoms with E-state index in [9.17, 15) is 4.79 Å². The van der Waals surface area contributed by atoms with E-state index in [1.807, 2.05) is 46.2 Å². The smallest absolute Gasteiger partial charge is 0.410 e. The summed E-state index contributed by atoms with van der Waals surface area (Å²) in [5.41, 5.74) is 0.776. The van der Waals surface area contributed by atoms with Gasteiger partial charge >= 0.3 is 6.09 Å². The number of halogens is 1.